The fraction of sp³-hybridized carbons (Fsp3) is 0.200. The van der Waals surface area contributed by atoms with E-state index in [1.54, 1.807) is 12.4 Å². The topological polar surface area (TPSA) is 85.0 Å². The molecule has 0 saturated carbocycles. The maximum absolute atomic E-state index is 13.5. The predicted octanol–water partition coefficient (Wildman–Crippen LogP) is 4.86. The van der Waals surface area contributed by atoms with E-state index in [9.17, 15) is 9.59 Å². The molecule has 0 atom stereocenters. The molecule has 2 amide bonds. The molecule has 4 heterocycles. The van der Waals surface area contributed by atoms with Gasteiger partial charge in [0.1, 0.15) is 5.69 Å². The number of aromatic nitrogens is 4. The molecule has 1 N–H and O–H groups in total. The van der Waals surface area contributed by atoms with Crippen molar-refractivity contribution in [3.63, 3.8) is 0 Å². The van der Waals surface area contributed by atoms with Crippen LogP contribution in [-0.2, 0) is 16.1 Å². The molecular formula is C30H27ClN6O2. The summed E-state index contributed by atoms with van der Waals surface area (Å²) < 4.78 is 3.96. The Balaban J connectivity index is 1.63. The largest absolute Gasteiger partial charge is 0.312 e. The molecule has 5 aromatic rings. The normalized spacial score (nSPS) is 13.9. The zero-order chi connectivity index (χ0) is 27.3. The molecule has 3 aromatic heterocycles. The smallest absolute Gasteiger partial charge is 0.261 e. The molecule has 0 radical (unpaired) electrons. The first-order chi connectivity index (χ1) is 18.8. The number of fused-ring (bicyclic) bond motifs is 2. The predicted molar refractivity (Wildman–Crippen MR) is 154 cm³/mol. The van der Waals surface area contributed by atoms with Gasteiger partial charge in [-0.25, -0.2) is 0 Å². The van der Waals surface area contributed by atoms with E-state index >= 15 is 0 Å². The fourth-order valence-corrected chi connectivity index (χ4v) is 5.64. The molecule has 196 valence electrons. The summed E-state index contributed by atoms with van der Waals surface area (Å²) in [6.45, 7) is 3.53. The second-order valence-electron chi connectivity index (χ2n) is 9.95. The van der Waals surface area contributed by atoms with Gasteiger partial charge in [-0.05, 0) is 70.4 Å². The molecule has 6 rings (SSSR count). The van der Waals surface area contributed by atoms with Crippen molar-refractivity contribution in [3.05, 3.63) is 89.0 Å². The molecule has 1 aliphatic rings. The number of rotatable bonds is 7. The van der Waals surface area contributed by atoms with Crippen molar-refractivity contribution in [3.8, 4) is 5.69 Å². The molecule has 8 nitrogen and oxygen atoms in total. The minimum atomic E-state index is -0.456. The third kappa shape index (κ3) is 4.22. The standard InChI is InChI=1S/C30H27ClN6O2/c1-18-25(22-16-19(31)11-12-24(22)37(18)20-8-6-13-32-17-20)26-27(30(39)33-29(26)38)28-21-9-4-5-10-23(21)36(34-28)15-7-14-35(2)3/h4-6,8-13,16-17H,7,14-15H2,1-3H3,(H,33,38,39). The van der Waals surface area contributed by atoms with E-state index in [1.165, 1.54) is 0 Å². The summed E-state index contributed by atoms with van der Waals surface area (Å²) in [6.07, 6.45) is 4.38. The van der Waals surface area contributed by atoms with Gasteiger partial charge in [0, 0.05) is 39.8 Å². The first-order valence-electron chi connectivity index (χ1n) is 12.8. The summed E-state index contributed by atoms with van der Waals surface area (Å²) in [5.74, 6) is -0.906. The van der Waals surface area contributed by atoms with Crippen LogP contribution < -0.4 is 5.32 Å². The number of carbonyl (C=O) groups is 2. The average Bonchev–Trinajstić information content (AvgIpc) is 3.51. The molecule has 2 aromatic carbocycles. The van der Waals surface area contributed by atoms with Crippen LogP contribution in [0.1, 0.15) is 23.4 Å². The van der Waals surface area contributed by atoms with Gasteiger partial charge in [-0.15, -0.1) is 0 Å². The number of hydrogen-bond donors (Lipinski definition) is 1. The molecule has 0 saturated heterocycles. The summed E-state index contributed by atoms with van der Waals surface area (Å²) in [5, 5.41) is 9.58. The van der Waals surface area contributed by atoms with Gasteiger partial charge in [0.15, 0.2) is 0 Å². The second kappa shape index (κ2) is 9.80. The SMILES string of the molecule is Cc1c(C2=C(c3nn(CCCN(C)C)c4ccccc34)C(=O)NC2=O)c2cc(Cl)ccc2n1-c1cccnc1. The molecule has 9 heteroatoms. The van der Waals surface area contributed by atoms with Crippen LogP contribution in [0.4, 0.5) is 0 Å². The van der Waals surface area contributed by atoms with Crippen LogP contribution in [0.25, 0.3) is 38.6 Å². The van der Waals surface area contributed by atoms with Gasteiger partial charge in [-0.2, -0.15) is 5.10 Å². The Morgan fingerprint density at radius 1 is 0.949 bits per heavy atom. The fourth-order valence-electron chi connectivity index (χ4n) is 5.46. The lowest BCUT2D eigenvalue weighted by atomic mass is 9.95. The number of nitrogens with zero attached hydrogens (tertiary/aromatic N) is 5. The number of halogens is 1. The minimum absolute atomic E-state index is 0.274. The van der Waals surface area contributed by atoms with Gasteiger partial charge in [-0.1, -0.05) is 29.8 Å². The number of para-hydroxylation sites is 1. The van der Waals surface area contributed by atoms with E-state index in [0.29, 0.717) is 28.4 Å². The zero-order valence-electron chi connectivity index (χ0n) is 21.9. The number of imide groups is 1. The monoisotopic (exact) mass is 538 g/mol. The maximum atomic E-state index is 13.5. The maximum Gasteiger partial charge on any atom is 0.261 e. The number of hydrogen-bond acceptors (Lipinski definition) is 5. The van der Waals surface area contributed by atoms with E-state index in [2.05, 4.69) is 15.2 Å². The van der Waals surface area contributed by atoms with E-state index in [-0.39, 0.29) is 5.57 Å². The molecule has 0 bridgehead atoms. The second-order valence-corrected chi connectivity index (χ2v) is 10.4. The number of amides is 2. The van der Waals surface area contributed by atoms with Gasteiger partial charge >= 0.3 is 0 Å². The van der Waals surface area contributed by atoms with Crippen molar-refractivity contribution in [1.29, 1.82) is 0 Å². The summed E-state index contributed by atoms with van der Waals surface area (Å²) >= 11 is 6.45. The average molecular weight is 539 g/mol. The van der Waals surface area contributed by atoms with Gasteiger partial charge in [0.25, 0.3) is 11.8 Å². The number of nitrogens with one attached hydrogen (secondary N) is 1. The lowest BCUT2D eigenvalue weighted by molar-refractivity contribution is -0.122. The van der Waals surface area contributed by atoms with Crippen molar-refractivity contribution >= 4 is 56.4 Å². The minimum Gasteiger partial charge on any atom is -0.312 e. The van der Waals surface area contributed by atoms with Crippen molar-refractivity contribution in [2.45, 2.75) is 19.9 Å². The van der Waals surface area contributed by atoms with Crippen LogP contribution in [0.5, 0.6) is 0 Å². The Bertz CT molecular complexity index is 1800. The quantitative estimate of drug-likeness (QED) is 0.299. The molecular weight excluding hydrogens is 512 g/mol. The highest BCUT2D eigenvalue weighted by molar-refractivity contribution is 6.50. The third-order valence-electron chi connectivity index (χ3n) is 7.12. The molecule has 0 unspecified atom stereocenters. The number of benzene rings is 2. The number of carbonyl (C=O) groups excluding carboxylic acids is 2. The van der Waals surface area contributed by atoms with Crippen molar-refractivity contribution < 1.29 is 9.59 Å². The Hall–Kier alpha value is -4.27. The van der Waals surface area contributed by atoms with E-state index in [1.807, 2.05) is 84.9 Å². The summed E-state index contributed by atoms with van der Waals surface area (Å²) in [7, 11) is 4.07. The van der Waals surface area contributed by atoms with Gasteiger partial charge in [0.05, 0.1) is 34.1 Å². The van der Waals surface area contributed by atoms with Crippen LogP contribution in [0.2, 0.25) is 5.02 Å². The Labute approximate surface area is 230 Å². The number of pyridine rings is 1. The Kier molecular flexibility index (Phi) is 6.29. The van der Waals surface area contributed by atoms with Crippen molar-refractivity contribution in [2.24, 2.45) is 0 Å². The van der Waals surface area contributed by atoms with Gasteiger partial charge < -0.3 is 9.47 Å². The third-order valence-corrected chi connectivity index (χ3v) is 7.36. The van der Waals surface area contributed by atoms with E-state index in [4.69, 9.17) is 16.7 Å². The van der Waals surface area contributed by atoms with E-state index < -0.39 is 11.8 Å². The van der Waals surface area contributed by atoms with Crippen LogP contribution in [0.15, 0.2) is 67.0 Å². The molecule has 1 aliphatic heterocycles. The highest BCUT2D eigenvalue weighted by Crippen LogP contribution is 2.41. The van der Waals surface area contributed by atoms with Gasteiger partial charge in [0.2, 0.25) is 0 Å². The van der Waals surface area contributed by atoms with Crippen LogP contribution in [0, 0.1) is 6.92 Å². The lowest BCUT2D eigenvalue weighted by Gasteiger charge is -2.09. The van der Waals surface area contributed by atoms with Crippen LogP contribution >= 0.6 is 11.6 Å². The summed E-state index contributed by atoms with van der Waals surface area (Å²) in [5.41, 5.74) is 5.15. The summed E-state index contributed by atoms with van der Waals surface area (Å²) in [4.78, 5) is 33.3. The Morgan fingerprint density at radius 3 is 2.51 bits per heavy atom. The first-order valence-corrected chi connectivity index (χ1v) is 13.1. The molecule has 0 spiro atoms. The highest BCUT2D eigenvalue weighted by Gasteiger charge is 2.37. The zero-order valence-corrected chi connectivity index (χ0v) is 22.7. The molecule has 0 aliphatic carbocycles. The van der Waals surface area contributed by atoms with Crippen molar-refractivity contribution in [1.82, 2.24) is 29.5 Å². The van der Waals surface area contributed by atoms with Crippen LogP contribution in [0.3, 0.4) is 0 Å². The Morgan fingerprint density at radius 2 is 1.74 bits per heavy atom. The number of aryl methyl sites for hydroxylation is 1. The summed E-state index contributed by atoms with van der Waals surface area (Å²) in [6, 6.07) is 17.2. The first kappa shape index (κ1) is 25.0. The van der Waals surface area contributed by atoms with E-state index in [0.717, 1.165) is 46.2 Å². The van der Waals surface area contributed by atoms with Gasteiger partial charge in [-0.3, -0.25) is 24.6 Å². The molecule has 0 fully saturated rings. The van der Waals surface area contributed by atoms with Crippen molar-refractivity contribution in [2.75, 3.05) is 20.6 Å². The highest BCUT2D eigenvalue weighted by atomic mass is 35.5. The lowest BCUT2D eigenvalue weighted by Crippen LogP contribution is -2.23. The van der Waals surface area contributed by atoms with Crippen LogP contribution in [-0.4, -0.2) is 56.7 Å². The molecule has 39 heavy (non-hydrogen) atoms.